The predicted octanol–water partition coefficient (Wildman–Crippen LogP) is 2.95. The van der Waals surface area contributed by atoms with Gasteiger partial charge in [-0.1, -0.05) is 6.07 Å². The third-order valence-corrected chi connectivity index (χ3v) is 6.98. The lowest BCUT2D eigenvalue weighted by Gasteiger charge is -2.30. The number of fused-ring (bicyclic) bond motifs is 1. The van der Waals surface area contributed by atoms with Crippen molar-refractivity contribution in [3.05, 3.63) is 35.6 Å². The van der Waals surface area contributed by atoms with Crippen LogP contribution in [0.5, 0.6) is 11.5 Å². The molecule has 23 heavy (non-hydrogen) atoms. The van der Waals surface area contributed by atoms with Crippen LogP contribution in [0.4, 0.5) is 0 Å². The first-order chi connectivity index (χ1) is 11.0. The molecular formula is C16H16O5S2. The van der Waals surface area contributed by atoms with Gasteiger partial charge in [-0.05, 0) is 36.3 Å². The van der Waals surface area contributed by atoms with E-state index in [1.807, 2.05) is 30.7 Å². The molecule has 7 heteroatoms. The van der Waals surface area contributed by atoms with Gasteiger partial charge in [0, 0.05) is 12.8 Å². The van der Waals surface area contributed by atoms with Crippen molar-refractivity contribution in [2.24, 2.45) is 0 Å². The van der Waals surface area contributed by atoms with Gasteiger partial charge >= 0.3 is 5.97 Å². The van der Waals surface area contributed by atoms with E-state index >= 15 is 0 Å². The SMILES string of the molecule is CSC1(SC)C(=O)C(OC(C)=O)=CC1c1ccc2c(c1)OCO2. The number of esters is 1. The van der Waals surface area contributed by atoms with Crippen LogP contribution in [0.2, 0.25) is 0 Å². The molecule has 5 nitrogen and oxygen atoms in total. The molecule has 0 spiro atoms. The van der Waals surface area contributed by atoms with Crippen LogP contribution in [0.3, 0.4) is 0 Å². The van der Waals surface area contributed by atoms with Crippen molar-refractivity contribution in [2.75, 3.05) is 19.3 Å². The summed E-state index contributed by atoms with van der Waals surface area (Å²) in [7, 11) is 0. The fourth-order valence-corrected chi connectivity index (χ4v) is 4.98. The van der Waals surface area contributed by atoms with E-state index in [1.165, 1.54) is 30.4 Å². The van der Waals surface area contributed by atoms with E-state index in [2.05, 4.69) is 0 Å². The van der Waals surface area contributed by atoms with Gasteiger partial charge in [0.25, 0.3) is 0 Å². The summed E-state index contributed by atoms with van der Waals surface area (Å²) in [6.45, 7) is 1.50. The number of ether oxygens (including phenoxy) is 3. The van der Waals surface area contributed by atoms with Crippen molar-refractivity contribution in [1.82, 2.24) is 0 Å². The summed E-state index contributed by atoms with van der Waals surface area (Å²) in [4.78, 5) is 24.1. The number of hydrogen-bond donors (Lipinski definition) is 0. The van der Waals surface area contributed by atoms with Crippen molar-refractivity contribution in [3.8, 4) is 11.5 Å². The van der Waals surface area contributed by atoms with Gasteiger partial charge in [0.15, 0.2) is 17.3 Å². The second-order valence-corrected chi connectivity index (χ2v) is 7.48. The highest BCUT2D eigenvalue weighted by Gasteiger charge is 2.52. The lowest BCUT2D eigenvalue weighted by atomic mass is 9.97. The first-order valence-corrected chi connectivity index (χ1v) is 9.41. The van der Waals surface area contributed by atoms with Crippen LogP contribution < -0.4 is 9.47 Å². The molecule has 0 saturated heterocycles. The van der Waals surface area contributed by atoms with Gasteiger partial charge in [0.1, 0.15) is 4.08 Å². The van der Waals surface area contributed by atoms with Crippen molar-refractivity contribution in [3.63, 3.8) is 0 Å². The molecule has 1 aromatic rings. The Labute approximate surface area is 142 Å². The fraction of sp³-hybridized carbons (Fsp3) is 0.375. The minimum Gasteiger partial charge on any atom is -0.454 e. The van der Waals surface area contributed by atoms with Crippen molar-refractivity contribution >= 4 is 35.3 Å². The maximum atomic E-state index is 12.8. The molecule has 122 valence electrons. The summed E-state index contributed by atoms with van der Waals surface area (Å²) in [6.07, 6.45) is 5.51. The maximum absolute atomic E-state index is 12.8. The number of Topliss-reactive ketones (excluding diaryl/α,β-unsaturated/α-hetero) is 1. The summed E-state index contributed by atoms with van der Waals surface area (Å²) in [5.41, 5.74) is 0.924. The molecule has 1 aliphatic heterocycles. The first-order valence-electron chi connectivity index (χ1n) is 6.96. The zero-order chi connectivity index (χ0) is 16.6. The standard InChI is InChI=1S/C16H16O5S2/c1-9(17)21-14-7-11(16(22-2,23-3)15(14)18)10-4-5-12-13(6-10)20-8-19-12/h4-7,11H,8H2,1-3H3. The molecule has 0 amide bonds. The molecule has 0 saturated carbocycles. The van der Waals surface area contributed by atoms with Crippen LogP contribution in [0.1, 0.15) is 18.4 Å². The van der Waals surface area contributed by atoms with E-state index in [-0.39, 0.29) is 24.3 Å². The normalized spacial score (nSPS) is 21.3. The van der Waals surface area contributed by atoms with Crippen LogP contribution >= 0.6 is 23.5 Å². The molecule has 1 atom stereocenters. The average Bonchev–Trinajstić information content (AvgIpc) is 3.10. The van der Waals surface area contributed by atoms with E-state index in [9.17, 15) is 9.59 Å². The molecule has 0 fully saturated rings. The number of ketones is 1. The molecule has 3 rings (SSSR count). The lowest BCUT2D eigenvalue weighted by Crippen LogP contribution is -2.33. The molecule has 1 aliphatic carbocycles. The second-order valence-electron chi connectivity index (χ2n) is 5.12. The molecule has 0 N–H and O–H groups in total. The molecule has 0 aromatic heterocycles. The third-order valence-electron chi connectivity index (χ3n) is 3.88. The second kappa shape index (κ2) is 6.13. The number of rotatable bonds is 4. The van der Waals surface area contributed by atoms with Gasteiger partial charge in [-0.15, -0.1) is 23.5 Å². The largest absolute Gasteiger partial charge is 0.454 e. The number of carbonyl (C=O) groups is 2. The average molecular weight is 352 g/mol. The molecule has 0 bridgehead atoms. The number of benzene rings is 1. The minimum absolute atomic E-state index is 0.115. The Kier molecular flexibility index (Phi) is 4.33. The minimum atomic E-state index is -0.752. The highest BCUT2D eigenvalue weighted by Crippen LogP contribution is 2.54. The van der Waals surface area contributed by atoms with Crippen LogP contribution in [-0.2, 0) is 14.3 Å². The predicted molar refractivity (Wildman–Crippen MR) is 89.9 cm³/mol. The van der Waals surface area contributed by atoms with E-state index in [0.29, 0.717) is 11.5 Å². The van der Waals surface area contributed by atoms with Gasteiger partial charge in [0.2, 0.25) is 12.6 Å². The molecule has 0 radical (unpaired) electrons. The quantitative estimate of drug-likeness (QED) is 0.610. The van der Waals surface area contributed by atoms with E-state index in [4.69, 9.17) is 14.2 Å². The summed E-state index contributed by atoms with van der Waals surface area (Å²) < 4.78 is 15.1. The van der Waals surface area contributed by atoms with Gasteiger partial charge in [0.05, 0.1) is 0 Å². The molecule has 2 aliphatic rings. The smallest absolute Gasteiger partial charge is 0.308 e. The van der Waals surface area contributed by atoms with Crippen LogP contribution in [0.25, 0.3) is 0 Å². The van der Waals surface area contributed by atoms with E-state index < -0.39 is 10.0 Å². The molecule has 1 heterocycles. The van der Waals surface area contributed by atoms with Crippen molar-refractivity contribution < 1.29 is 23.8 Å². The van der Waals surface area contributed by atoms with Crippen molar-refractivity contribution in [2.45, 2.75) is 16.9 Å². The first kappa shape index (κ1) is 16.3. The lowest BCUT2D eigenvalue weighted by molar-refractivity contribution is -0.139. The summed E-state index contributed by atoms with van der Waals surface area (Å²) in [5, 5.41) is 0. The Bertz CT molecular complexity index is 694. The summed E-state index contributed by atoms with van der Waals surface area (Å²) in [5.74, 6) is 0.594. The zero-order valence-electron chi connectivity index (χ0n) is 13.0. The number of allylic oxidation sites excluding steroid dienone is 2. The number of thioether (sulfide) groups is 2. The Morgan fingerprint density at radius 2 is 1.96 bits per heavy atom. The van der Waals surface area contributed by atoms with Crippen LogP contribution in [-0.4, -0.2) is 35.1 Å². The van der Waals surface area contributed by atoms with Gasteiger partial charge in [-0.3, -0.25) is 9.59 Å². The van der Waals surface area contributed by atoms with Gasteiger partial charge in [-0.2, -0.15) is 0 Å². The Morgan fingerprint density at radius 1 is 1.26 bits per heavy atom. The summed E-state index contributed by atoms with van der Waals surface area (Å²) in [6, 6.07) is 5.64. The number of hydrogen-bond acceptors (Lipinski definition) is 7. The topological polar surface area (TPSA) is 61.8 Å². The third kappa shape index (κ3) is 2.61. The fourth-order valence-electron chi connectivity index (χ4n) is 2.83. The van der Waals surface area contributed by atoms with E-state index in [0.717, 1.165) is 5.56 Å². The molecule has 1 unspecified atom stereocenters. The highest BCUT2D eigenvalue weighted by molar-refractivity contribution is 8.18. The zero-order valence-corrected chi connectivity index (χ0v) is 14.6. The van der Waals surface area contributed by atoms with Crippen molar-refractivity contribution in [1.29, 1.82) is 0 Å². The highest BCUT2D eigenvalue weighted by atomic mass is 32.2. The Balaban J connectivity index is 2.04. The van der Waals surface area contributed by atoms with Gasteiger partial charge < -0.3 is 14.2 Å². The molecule has 1 aromatic carbocycles. The monoisotopic (exact) mass is 352 g/mol. The molecular weight excluding hydrogens is 336 g/mol. The number of carbonyl (C=O) groups excluding carboxylic acids is 2. The maximum Gasteiger partial charge on any atom is 0.308 e. The van der Waals surface area contributed by atoms with Gasteiger partial charge in [-0.25, -0.2) is 0 Å². The van der Waals surface area contributed by atoms with Crippen LogP contribution in [0, 0.1) is 0 Å². The Morgan fingerprint density at radius 3 is 2.61 bits per heavy atom. The van der Waals surface area contributed by atoms with E-state index in [1.54, 1.807) is 6.08 Å². The summed E-state index contributed by atoms with van der Waals surface area (Å²) >= 11 is 2.91. The van der Waals surface area contributed by atoms with Crippen LogP contribution in [0.15, 0.2) is 30.0 Å². The Hall–Kier alpha value is -1.60.